The Hall–Kier alpha value is -1.76. The molecule has 0 spiro atoms. The highest BCUT2D eigenvalue weighted by atomic mass is 19.3. The summed E-state index contributed by atoms with van der Waals surface area (Å²) in [4.78, 5) is 14.0. The van der Waals surface area contributed by atoms with Crippen LogP contribution in [-0.4, -0.2) is 21.2 Å². The number of aromatic nitrogens is 1. The summed E-state index contributed by atoms with van der Waals surface area (Å²) in [5.41, 5.74) is 4.27. The number of pyridine rings is 1. The normalized spacial score (nSPS) is 10.8. The Morgan fingerprint density at radius 1 is 1.56 bits per heavy atom. The van der Waals surface area contributed by atoms with E-state index < -0.39 is 30.1 Å². The van der Waals surface area contributed by atoms with Crippen LogP contribution in [-0.2, 0) is 17.8 Å². The van der Waals surface area contributed by atoms with Crippen molar-refractivity contribution in [3.05, 3.63) is 23.0 Å². The molecule has 0 unspecified atom stereocenters. The number of carboxylic acid groups (broad SMARTS) is 1. The van der Waals surface area contributed by atoms with Gasteiger partial charge in [0.2, 0.25) is 0 Å². The quantitative estimate of drug-likeness (QED) is 0.713. The molecule has 5 nitrogen and oxygen atoms in total. The van der Waals surface area contributed by atoms with Gasteiger partial charge in [-0.25, -0.2) is 8.78 Å². The first-order chi connectivity index (χ1) is 7.47. The summed E-state index contributed by atoms with van der Waals surface area (Å²) in [6.45, 7) is -0.201. The molecule has 0 aromatic carbocycles. The van der Waals surface area contributed by atoms with Gasteiger partial charge in [-0.3, -0.25) is 9.78 Å². The van der Waals surface area contributed by atoms with Crippen LogP contribution in [0, 0.1) is 0 Å². The fourth-order valence-electron chi connectivity index (χ4n) is 1.27. The second-order valence-corrected chi connectivity index (χ2v) is 3.07. The van der Waals surface area contributed by atoms with Crippen molar-refractivity contribution in [1.82, 2.24) is 4.98 Å². The molecular formula is C9H10F2N2O3. The zero-order valence-corrected chi connectivity index (χ0v) is 8.15. The number of hydrogen-bond acceptors (Lipinski definition) is 4. The van der Waals surface area contributed by atoms with E-state index in [1.54, 1.807) is 0 Å². The standard InChI is InChI=1S/C9H10F2N2O3/c10-9(11)7-4(2-12)3-13-5(8(7)16)1-6(14)15/h3,9,16H,1-2,12H2,(H,14,15). The van der Waals surface area contributed by atoms with E-state index in [4.69, 9.17) is 10.8 Å². The van der Waals surface area contributed by atoms with Gasteiger partial charge in [0.05, 0.1) is 17.7 Å². The molecule has 0 aliphatic heterocycles. The first kappa shape index (κ1) is 12.3. The number of hydrogen-bond donors (Lipinski definition) is 3. The summed E-state index contributed by atoms with van der Waals surface area (Å²) >= 11 is 0. The van der Waals surface area contributed by atoms with Crippen LogP contribution in [0.3, 0.4) is 0 Å². The first-order valence-electron chi connectivity index (χ1n) is 4.37. The number of nitrogens with two attached hydrogens (primary N) is 1. The molecule has 1 aromatic rings. The van der Waals surface area contributed by atoms with Crippen molar-refractivity contribution in [3.8, 4) is 5.75 Å². The lowest BCUT2D eigenvalue weighted by Crippen LogP contribution is -2.08. The lowest BCUT2D eigenvalue weighted by molar-refractivity contribution is -0.136. The van der Waals surface area contributed by atoms with Crippen molar-refractivity contribution in [3.63, 3.8) is 0 Å². The van der Waals surface area contributed by atoms with Gasteiger partial charge in [0.25, 0.3) is 6.43 Å². The van der Waals surface area contributed by atoms with E-state index >= 15 is 0 Å². The van der Waals surface area contributed by atoms with E-state index in [9.17, 15) is 18.7 Å². The van der Waals surface area contributed by atoms with Gasteiger partial charge in [0, 0.05) is 12.7 Å². The Labute approximate surface area is 89.5 Å². The highest BCUT2D eigenvalue weighted by Gasteiger charge is 2.21. The van der Waals surface area contributed by atoms with E-state index in [0.29, 0.717) is 0 Å². The van der Waals surface area contributed by atoms with Crippen LogP contribution in [0.4, 0.5) is 8.78 Å². The molecule has 1 rings (SSSR count). The summed E-state index contributed by atoms with van der Waals surface area (Å²) < 4.78 is 25.2. The average Bonchev–Trinajstić information content (AvgIpc) is 2.19. The first-order valence-corrected chi connectivity index (χ1v) is 4.37. The number of carboxylic acids is 1. The van der Waals surface area contributed by atoms with Crippen LogP contribution in [0.5, 0.6) is 5.75 Å². The van der Waals surface area contributed by atoms with E-state index in [1.165, 1.54) is 0 Å². The fraction of sp³-hybridized carbons (Fsp3) is 0.333. The highest BCUT2D eigenvalue weighted by Crippen LogP contribution is 2.33. The minimum atomic E-state index is -2.92. The number of carbonyl (C=O) groups is 1. The van der Waals surface area contributed by atoms with Gasteiger partial charge in [0.1, 0.15) is 5.75 Å². The molecular weight excluding hydrogens is 222 g/mol. The SMILES string of the molecule is NCc1cnc(CC(=O)O)c(O)c1C(F)F. The van der Waals surface area contributed by atoms with Gasteiger partial charge in [-0.15, -0.1) is 0 Å². The van der Waals surface area contributed by atoms with Crippen LogP contribution in [0.25, 0.3) is 0 Å². The summed E-state index contributed by atoms with van der Waals surface area (Å²) in [6, 6.07) is 0. The molecule has 0 aliphatic rings. The third kappa shape index (κ3) is 2.43. The van der Waals surface area contributed by atoms with Crippen molar-refractivity contribution in [2.75, 3.05) is 0 Å². The topological polar surface area (TPSA) is 96.4 Å². The number of alkyl halides is 2. The lowest BCUT2D eigenvalue weighted by Gasteiger charge is -2.11. The molecule has 0 saturated carbocycles. The van der Waals surface area contributed by atoms with Crippen LogP contribution in [0.15, 0.2) is 6.20 Å². The molecule has 0 atom stereocenters. The van der Waals surface area contributed by atoms with Crippen molar-refractivity contribution in [2.45, 2.75) is 19.4 Å². The number of rotatable bonds is 4. The largest absolute Gasteiger partial charge is 0.505 e. The second-order valence-electron chi connectivity index (χ2n) is 3.07. The zero-order valence-electron chi connectivity index (χ0n) is 8.15. The van der Waals surface area contributed by atoms with Crippen molar-refractivity contribution < 1.29 is 23.8 Å². The van der Waals surface area contributed by atoms with Gasteiger partial charge in [0.15, 0.2) is 0 Å². The van der Waals surface area contributed by atoms with Gasteiger partial charge in [-0.1, -0.05) is 0 Å². The Bertz CT molecular complexity index is 410. The number of aromatic hydroxyl groups is 1. The van der Waals surface area contributed by atoms with Crippen LogP contribution in [0.1, 0.15) is 23.2 Å². The van der Waals surface area contributed by atoms with Crippen molar-refractivity contribution >= 4 is 5.97 Å². The Balaban J connectivity index is 3.26. The second kappa shape index (κ2) is 4.84. The molecule has 0 aliphatic carbocycles. The number of nitrogens with zero attached hydrogens (tertiary/aromatic N) is 1. The minimum absolute atomic E-state index is 0.00152. The average molecular weight is 232 g/mol. The molecule has 4 N–H and O–H groups in total. The Kier molecular flexibility index (Phi) is 3.73. The molecule has 0 radical (unpaired) electrons. The maximum Gasteiger partial charge on any atom is 0.309 e. The fourth-order valence-corrected chi connectivity index (χ4v) is 1.27. The smallest absolute Gasteiger partial charge is 0.309 e. The third-order valence-electron chi connectivity index (χ3n) is 2.01. The van der Waals surface area contributed by atoms with E-state index in [2.05, 4.69) is 4.98 Å². The molecule has 0 saturated heterocycles. The molecule has 0 amide bonds. The number of aliphatic carboxylic acids is 1. The molecule has 16 heavy (non-hydrogen) atoms. The minimum Gasteiger partial charge on any atom is -0.505 e. The van der Waals surface area contributed by atoms with E-state index in [-0.39, 0.29) is 17.8 Å². The molecule has 1 aromatic heterocycles. The van der Waals surface area contributed by atoms with Crippen LogP contribution < -0.4 is 5.73 Å². The summed E-state index contributed by atoms with van der Waals surface area (Å²) in [7, 11) is 0. The van der Waals surface area contributed by atoms with Gasteiger partial charge < -0.3 is 15.9 Å². The molecule has 88 valence electrons. The van der Waals surface area contributed by atoms with Gasteiger partial charge >= 0.3 is 5.97 Å². The monoisotopic (exact) mass is 232 g/mol. The molecule has 7 heteroatoms. The zero-order chi connectivity index (χ0) is 12.3. The van der Waals surface area contributed by atoms with E-state index in [1.807, 2.05) is 0 Å². The summed E-state index contributed by atoms with van der Waals surface area (Å²) in [6.07, 6.45) is -2.48. The maximum atomic E-state index is 12.6. The predicted octanol–water partition coefficient (Wildman–Crippen LogP) is 0.811. The third-order valence-corrected chi connectivity index (χ3v) is 2.01. The molecule has 0 fully saturated rings. The lowest BCUT2D eigenvalue weighted by atomic mass is 10.1. The Morgan fingerprint density at radius 2 is 2.19 bits per heavy atom. The summed E-state index contributed by atoms with van der Waals surface area (Å²) in [5, 5.41) is 17.9. The highest BCUT2D eigenvalue weighted by molar-refractivity contribution is 5.70. The Morgan fingerprint density at radius 3 is 2.62 bits per heavy atom. The van der Waals surface area contributed by atoms with Crippen LogP contribution >= 0.6 is 0 Å². The van der Waals surface area contributed by atoms with Crippen molar-refractivity contribution in [1.29, 1.82) is 0 Å². The van der Waals surface area contributed by atoms with Gasteiger partial charge in [-0.05, 0) is 5.56 Å². The summed E-state index contributed by atoms with van der Waals surface area (Å²) in [5.74, 6) is -2.05. The maximum absolute atomic E-state index is 12.6. The van der Waals surface area contributed by atoms with Crippen LogP contribution in [0.2, 0.25) is 0 Å². The molecule has 0 bridgehead atoms. The predicted molar refractivity (Wildman–Crippen MR) is 50.1 cm³/mol. The molecule has 1 heterocycles. The van der Waals surface area contributed by atoms with Crippen molar-refractivity contribution in [2.24, 2.45) is 5.73 Å². The number of halogens is 2. The van der Waals surface area contributed by atoms with Gasteiger partial charge in [-0.2, -0.15) is 0 Å². The van der Waals surface area contributed by atoms with E-state index in [0.717, 1.165) is 6.20 Å².